The van der Waals surface area contributed by atoms with Crippen LogP contribution in [0.3, 0.4) is 0 Å². The second-order valence-corrected chi connectivity index (χ2v) is 8.28. The van der Waals surface area contributed by atoms with Crippen LogP contribution < -0.4 is 4.90 Å². The van der Waals surface area contributed by atoms with Gasteiger partial charge in [-0.3, -0.25) is 14.3 Å². The number of nitriles is 1. The first-order valence-corrected chi connectivity index (χ1v) is 11.6. The van der Waals surface area contributed by atoms with Crippen LogP contribution in [-0.4, -0.2) is 38.0 Å². The predicted molar refractivity (Wildman–Crippen MR) is 129 cm³/mol. The summed E-state index contributed by atoms with van der Waals surface area (Å²) in [4.78, 5) is 18.8. The van der Waals surface area contributed by atoms with Crippen LogP contribution in [0.2, 0.25) is 0 Å². The van der Waals surface area contributed by atoms with E-state index in [1.165, 1.54) is 40.9 Å². The molecule has 0 bridgehead atoms. The molecule has 170 valence electrons. The highest BCUT2D eigenvalue weighted by atomic mass is 32.2. The van der Waals surface area contributed by atoms with Crippen LogP contribution in [0.25, 0.3) is 11.4 Å². The molecule has 0 saturated carbocycles. The zero-order valence-corrected chi connectivity index (χ0v) is 19.0. The van der Waals surface area contributed by atoms with Gasteiger partial charge in [0, 0.05) is 30.2 Å². The minimum absolute atomic E-state index is 0.0861. The van der Waals surface area contributed by atoms with E-state index in [4.69, 9.17) is 5.26 Å². The first kappa shape index (κ1) is 23.1. The number of nitrogens with zero attached hydrogens (tertiary/aromatic N) is 6. The number of amides is 1. The fourth-order valence-electron chi connectivity index (χ4n) is 3.40. The van der Waals surface area contributed by atoms with Gasteiger partial charge in [0.25, 0.3) is 0 Å². The number of aromatic nitrogens is 4. The lowest BCUT2D eigenvalue weighted by atomic mass is 10.2. The highest BCUT2D eigenvalue weighted by molar-refractivity contribution is 7.99. The minimum Gasteiger partial charge on any atom is -0.311 e. The van der Waals surface area contributed by atoms with Gasteiger partial charge in [-0.15, -0.1) is 10.2 Å². The van der Waals surface area contributed by atoms with Crippen molar-refractivity contribution in [1.29, 1.82) is 5.26 Å². The van der Waals surface area contributed by atoms with Crippen LogP contribution in [0.1, 0.15) is 12.0 Å². The molecular weight excluding hydrogens is 451 g/mol. The molecule has 9 heteroatoms. The maximum Gasteiger partial charge on any atom is 0.237 e. The SMILES string of the molecule is N#CCCN(C(=O)CSc1nnc(-c2cccnc2)n1Cc1ccccc1)c1ccc(F)cc1. The summed E-state index contributed by atoms with van der Waals surface area (Å²) in [6.45, 7) is 0.754. The van der Waals surface area contributed by atoms with Crippen LogP contribution >= 0.6 is 11.8 Å². The van der Waals surface area contributed by atoms with Crippen molar-refractivity contribution >= 4 is 23.4 Å². The molecule has 0 aliphatic heterocycles. The highest BCUT2D eigenvalue weighted by Crippen LogP contribution is 2.26. The van der Waals surface area contributed by atoms with E-state index in [0.717, 1.165) is 11.1 Å². The van der Waals surface area contributed by atoms with E-state index in [9.17, 15) is 9.18 Å². The summed E-state index contributed by atoms with van der Waals surface area (Å²) >= 11 is 1.27. The second-order valence-electron chi connectivity index (χ2n) is 7.34. The molecule has 0 spiro atoms. The number of benzene rings is 2. The normalized spacial score (nSPS) is 10.6. The van der Waals surface area contributed by atoms with E-state index in [1.807, 2.05) is 47.0 Å². The Balaban J connectivity index is 1.57. The number of hydrogen-bond acceptors (Lipinski definition) is 6. The van der Waals surface area contributed by atoms with E-state index < -0.39 is 0 Å². The fraction of sp³-hybridized carbons (Fsp3) is 0.160. The van der Waals surface area contributed by atoms with E-state index in [2.05, 4.69) is 21.3 Å². The van der Waals surface area contributed by atoms with Gasteiger partial charge in [0.1, 0.15) is 5.82 Å². The number of carbonyl (C=O) groups is 1. The van der Waals surface area contributed by atoms with Gasteiger partial charge in [-0.25, -0.2) is 4.39 Å². The molecule has 34 heavy (non-hydrogen) atoms. The summed E-state index contributed by atoms with van der Waals surface area (Å²) in [5.41, 5.74) is 2.44. The molecule has 0 atom stereocenters. The number of halogens is 1. The Kier molecular flexibility index (Phi) is 7.63. The molecule has 0 N–H and O–H groups in total. The molecule has 0 aliphatic rings. The fourth-order valence-corrected chi connectivity index (χ4v) is 4.21. The molecule has 0 aliphatic carbocycles. The van der Waals surface area contributed by atoms with Crippen LogP contribution in [0.5, 0.6) is 0 Å². The number of anilines is 1. The molecule has 0 radical (unpaired) electrons. The van der Waals surface area contributed by atoms with Crippen molar-refractivity contribution in [2.75, 3.05) is 17.2 Å². The van der Waals surface area contributed by atoms with Crippen LogP contribution in [0, 0.1) is 17.1 Å². The zero-order chi connectivity index (χ0) is 23.8. The van der Waals surface area contributed by atoms with Crippen molar-refractivity contribution in [2.45, 2.75) is 18.1 Å². The third-order valence-electron chi connectivity index (χ3n) is 5.03. The summed E-state index contributed by atoms with van der Waals surface area (Å²) < 4.78 is 15.3. The standard InChI is InChI=1S/C25H21FN6OS/c26-21-9-11-22(12-10-21)31(15-5-13-27)23(33)18-34-25-30-29-24(20-8-4-14-28-16-20)32(25)17-19-6-2-1-3-7-19/h1-4,6-12,14,16H,5,15,17-18H2. The Labute approximate surface area is 200 Å². The molecule has 4 rings (SSSR count). The number of pyridine rings is 1. The lowest BCUT2D eigenvalue weighted by Gasteiger charge is -2.21. The monoisotopic (exact) mass is 472 g/mol. The lowest BCUT2D eigenvalue weighted by Crippen LogP contribution is -2.33. The molecule has 1 amide bonds. The Hall–Kier alpha value is -4.03. The molecule has 7 nitrogen and oxygen atoms in total. The third kappa shape index (κ3) is 5.66. The Morgan fingerprint density at radius 2 is 1.85 bits per heavy atom. The minimum atomic E-state index is -0.386. The van der Waals surface area contributed by atoms with Gasteiger partial charge in [-0.05, 0) is 42.0 Å². The number of rotatable bonds is 9. The first-order chi connectivity index (χ1) is 16.7. The van der Waals surface area contributed by atoms with Gasteiger partial charge in [0.2, 0.25) is 5.91 Å². The Morgan fingerprint density at radius 3 is 2.56 bits per heavy atom. The van der Waals surface area contributed by atoms with Gasteiger partial charge >= 0.3 is 0 Å². The molecule has 0 fully saturated rings. The summed E-state index contributed by atoms with van der Waals surface area (Å²) in [6, 6.07) is 21.4. The summed E-state index contributed by atoms with van der Waals surface area (Å²) in [5, 5.41) is 18.3. The molecular formula is C25H21FN6OS. The van der Waals surface area contributed by atoms with Crippen molar-refractivity contribution in [3.63, 3.8) is 0 Å². The zero-order valence-electron chi connectivity index (χ0n) is 18.2. The molecule has 0 unspecified atom stereocenters. The van der Waals surface area contributed by atoms with Crippen molar-refractivity contribution in [3.8, 4) is 17.5 Å². The predicted octanol–water partition coefficient (Wildman–Crippen LogP) is 4.57. The maximum atomic E-state index is 13.4. The topological polar surface area (TPSA) is 87.7 Å². The number of hydrogen-bond donors (Lipinski definition) is 0. The first-order valence-electron chi connectivity index (χ1n) is 10.6. The average Bonchev–Trinajstić information content (AvgIpc) is 3.27. The van der Waals surface area contributed by atoms with Crippen LogP contribution in [0.15, 0.2) is 84.3 Å². The quantitative estimate of drug-likeness (QED) is 0.332. The average molecular weight is 473 g/mol. The van der Waals surface area contributed by atoms with E-state index in [1.54, 1.807) is 12.4 Å². The van der Waals surface area contributed by atoms with Gasteiger partial charge in [-0.1, -0.05) is 42.1 Å². The van der Waals surface area contributed by atoms with Gasteiger partial charge in [0.05, 0.1) is 24.8 Å². The number of carbonyl (C=O) groups excluding carboxylic acids is 1. The Bertz CT molecular complexity index is 1270. The smallest absolute Gasteiger partial charge is 0.237 e. The van der Waals surface area contributed by atoms with Gasteiger partial charge in [0.15, 0.2) is 11.0 Å². The van der Waals surface area contributed by atoms with E-state index in [0.29, 0.717) is 23.2 Å². The van der Waals surface area contributed by atoms with Crippen LogP contribution in [-0.2, 0) is 11.3 Å². The Morgan fingerprint density at radius 1 is 1.06 bits per heavy atom. The highest BCUT2D eigenvalue weighted by Gasteiger charge is 2.20. The molecule has 2 aromatic carbocycles. The van der Waals surface area contributed by atoms with Crippen molar-refractivity contribution in [1.82, 2.24) is 19.7 Å². The third-order valence-corrected chi connectivity index (χ3v) is 5.98. The van der Waals surface area contributed by atoms with Crippen molar-refractivity contribution < 1.29 is 9.18 Å². The van der Waals surface area contributed by atoms with E-state index >= 15 is 0 Å². The van der Waals surface area contributed by atoms with Gasteiger partial charge < -0.3 is 4.90 Å². The summed E-state index contributed by atoms with van der Waals surface area (Å²) in [5.74, 6) is 0.154. The molecule has 2 heterocycles. The lowest BCUT2D eigenvalue weighted by molar-refractivity contribution is -0.116. The number of thioether (sulfide) groups is 1. The molecule has 4 aromatic rings. The van der Waals surface area contributed by atoms with Crippen molar-refractivity contribution in [2.24, 2.45) is 0 Å². The van der Waals surface area contributed by atoms with Crippen LogP contribution in [0.4, 0.5) is 10.1 Å². The molecule has 2 aromatic heterocycles. The van der Waals surface area contributed by atoms with Gasteiger partial charge in [-0.2, -0.15) is 5.26 Å². The summed E-state index contributed by atoms with van der Waals surface area (Å²) in [7, 11) is 0. The van der Waals surface area contributed by atoms with Crippen molar-refractivity contribution in [3.05, 3.63) is 90.5 Å². The van der Waals surface area contributed by atoms with E-state index in [-0.39, 0.29) is 30.4 Å². The maximum absolute atomic E-state index is 13.4. The largest absolute Gasteiger partial charge is 0.311 e. The molecule has 0 saturated heterocycles. The summed E-state index contributed by atoms with van der Waals surface area (Å²) in [6.07, 6.45) is 3.59. The second kappa shape index (κ2) is 11.2.